The van der Waals surface area contributed by atoms with Crippen LogP contribution in [0.25, 0.3) is 0 Å². The lowest BCUT2D eigenvalue weighted by atomic mass is 10.2. The van der Waals surface area contributed by atoms with Crippen molar-refractivity contribution in [2.45, 2.75) is 59.5 Å². The van der Waals surface area contributed by atoms with Crippen molar-refractivity contribution in [3.05, 3.63) is 27.4 Å². The summed E-state index contributed by atoms with van der Waals surface area (Å²) in [6, 6.07) is 0.289. The predicted octanol–water partition coefficient (Wildman–Crippen LogP) is 3.71. The Bertz CT molecular complexity index is 590. The lowest BCUT2D eigenvalue weighted by molar-refractivity contribution is 0.227. The Morgan fingerprint density at radius 2 is 1.95 bits per heavy atom. The number of aromatic nitrogens is 3. The highest BCUT2D eigenvalue weighted by Gasteiger charge is 2.20. The van der Waals surface area contributed by atoms with Crippen LogP contribution in [0.3, 0.4) is 0 Å². The predicted molar refractivity (Wildman–Crippen MR) is 84.5 cm³/mol. The lowest BCUT2D eigenvalue weighted by Gasteiger charge is -2.22. The van der Waals surface area contributed by atoms with Crippen LogP contribution in [0.15, 0.2) is 4.42 Å². The van der Waals surface area contributed by atoms with Gasteiger partial charge in [-0.2, -0.15) is 0 Å². The Morgan fingerprint density at radius 1 is 1.24 bits per heavy atom. The molecule has 0 radical (unpaired) electrons. The summed E-state index contributed by atoms with van der Waals surface area (Å²) < 4.78 is 5.68. The van der Waals surface area contributed by atoms with Crippen LogP contribution in [-0.2, 0) is 13.0 Å². The Hall–Kier alpha value is -1.27. The molecule has 21 heavy (non-hydrogen) atoms. The maximum Gasteiger partial charge on any atom is 0.230 e. The number of nitrogens with zero attached hydrogens (tertiary/aromatic N) is 4. The Labute approximate surface area is 130 Å². The van der Waals surface area contributed by atoms with Gasteiger partial charge in [-0.1, -0.05) is 20.8 Å². The Balaban J connectivity index is 2.07. The highest BCUT2D eigenvalue weighted by molar-refractivity contribution is 7.11. The van der Waals surface area contributed by atoms with E-state index in [2.05, 4.69) is 61.7 Å². The van der Waals surface area contributed by atoms with Gasteiger partial charge in [-0.25, -0.2) is 4.98 Å². The van der Waals surface area contributed by atoms with Crippen LogP contribution in [-0.4, -0.2) is 27.1 Å². The van der Waals surface area contributed by atoms with E-state index in [1.54, 1.807) is 11.3 Å². The minimum Gasteiger partial charge on any atom is -0.424 e. The molecule has 0 amide bonds. The Kier molecular flexibility index (Phi) is 5.11. The van der Waals surface area contributed by atoms with Gasteiger partial charge in [0.05, 0.1) is 17.2 Å². The summed E-state index contributed by atoms with van der Waals surface area (Å²) in [6.07, 6.45) is 0.989. The molecule has 116 valence electrons. The number of thiazole rings is 1. The molecule has 2 aromatic heterocycles. The molecule has 0 aliphatic carbocycles. The van der Waals surface area contributed by atoms with Gasteiger partial charge in [0.2, 0.25) is 11.8 Å². The number of hydrogen-bond donors (Lipinski definition) is 0. The highest BCUT2D eigenvalue weighted by Crippen LogP contribution is 2.29. The summed E-state index contributed by atoms with van der Waals surface area (Å²) in [5.41, 5.74) is 1.13. The summed E-state index contributed by atoms with van der Waals surface area (Å²) in [5.74, 6) is 1.64. The maximum absolute atomic E-state index is 5.68. The average molecular weight is 308 g/mol. The molecular weight excluding hydrogens is 284 g/mol. The minimum absolute atomic E-state index is 0.268. The third kappa shape index (κ3) is 3.68. The Morgan fingerprint density at radius 3 is 2.48 bits per heavy atom. The fraction of sp³-hybridized carbons (Fsp3) is 0.667. The van der Waals surface area contributed by atoms with E-state index in [4.69, 9.17) is 4.42 Å². The van der Waals surface area contributed by atoms with Crippen molar-refractivity contribution in [3.8, 4) is 0 Å². The van der Waals surface area contributed by atoms with Crippen LogP contribution < -0.4 is 0 Å². The van der Waals surface area contributed by atoms with E-state index in [9.17, 15) is 0 Å². The lowest BCUT2D eigenvalue weighted by Crippen LogP contribution is -2.22. The molecule has 0 saturated carbocycles. The second kappa shape index (κ2) is 6.66. The molecule has 6 heteroatoms. The molecule has 5 nitrogen and oxygen atoms in total. The smallest absolute Gasteiger partial charge is 0.230 e. The molecule has 0 fully saturated rings. The van der Waals surface area contributed by atoms with Gasteiger partial charge in [0, 0.05) is 16.8 Å². The van der Waals surface area contributed by atoms with Crippen LogP contribution >= 0.6 is 11.3 Å². The second-order valence-electron chi connectivity index (χ2n) is 5.69. The van der Waals surface area contributed by atoms with Gasteiger partial charge in [0.15, 0.2) is 0 Å². The molecule has 0 aliphatic rings. The average Bonchev–Trinajstić information content (AvgIpc) is 3.04. The first-order valence-electron chi connectivity index (χ1n) is 7.41. The summed E-state index contributed by atoms with van der Waals surface area (Å²) in [5, 5.41) is 9.41. The van der Waals surface area contributed by atoms with Gasteiger partial charge < -0.3 is 4.42 Å². The normalized spacial score (nSPS) is 13.3. The van der Waals surface area contributed by atoms with Gasteiger partial charge in [0.25, 0.3) is 0 Å². The van der Waals surface area contributed by atoms with Crippen molar-refractivity contribution in [1.82, 2.24) is 20.1 Å². The third-order valence-corrected chi connectivity index (χ3v) is 5.05. The molecule has 0 N–H and O–H groups in total. The van der Waals surface area contributed by atoms with Crippen LogP contribution in [0.1, 0.15) is 67.0 Å². The third-order valence-electron chi connectivity index (χ3n) is 3.58. The van der Waals surface area contributed by atoms with E-state index in [1.165, 1.54) is 9.88 Å². The molecule has 2 heterocycles. The van der Waals surface area contributed by atoms with Crippen LogP contribution in [0, 0.1) is 6.92 Å². The second-order valence-corrected chi connectivity index (χ2v) is 6.81. The van der Waals surface area contributed by atoms with Gasteiger partial charge in [-0.05, 0) is 27.3 Å². The minimum atomic E-state index is 0.268. The molecule has 2 aromatic rings. The number of hydrogen-bond acceptors (Lipinski definition) is 6. The van der Waals surface area contributed by atoms with Gasteiger partial charge in [-0.15, -0.1) is 21.5 Å². The molecule has 0 saturated heterocycles. The zero-order chi connectivity index (χ0) is 15.6. The summed E-state index contributed by atoms with van der Waals surface area (Å²) in [4.78, 5) is 8.14. The van der Waals surface area contributed by atoms with E-state index < -0.39 is 0 Å². The van der Waals surface area contributed by atoms with Crippen molar-refractivity contribution in [1.29, 1.82) is 0 Å². The first kappa shape index (κ1) is 16.1. The fourth-order valence-corrected chi connectivity index (χ4v) is 3.24. The van der Waals surface area contributed by atoms with Gasteiger partial charge in [0.1, 0.15) is 0 Å². The molecule has 0 aromatic carbocycles. The first-order chi connectivity index (χ1) is 9.92. The topological polar surface area (TPSA) is 55.1 Å². The maximum atomic E-state index is 5.68. The van der Waals surface area contributed by atoms with E-state index in [0.29, 0.717) is 18.3 Å². The highest BCUT2D eigenvalue weighted by atomic mass is 32.1. The zero-order valence-corrected chi connectivity index (χ0v) is 14.5. The molecule has 0 unspecified atom stereocenters. The van der Waals surface area contributed by atoms with Crippen molar-refractivity contribution in [2.75, 3.05) is 7.05 Å². The quantitative estimate of drug-likeness (QED) is 0.814. The standard InChI is InChI=1S/C15H24N4OS/c1-7-13-16-10(4)14(21-13)11(5)19(6)8-12-17-18-15(20-12)9(2)3/h9,11H,7-8H2,1-6H3/t11-/m0/s1. The van der Waals surface area contributed by atoms with Crippen LogP contribution in [0.5, 0.6) is 0 Å². The van der Waals surface area contributed by atoms with Gasteiger partial charge >= 0.3 is 0 Å². The van der Waals surface area contributed by atoms with Crippen molar-refractivity contribution in [3.63, 3.8) is 0 Å². The molecule has 0 spiro atoms. The molecule has 0 bridgehead atoms. The molecule has 1 atom stereocenters. The summed E-state index contributed by atoms with van der Waals surface area (Å²) in [7, 11) is 2.08. The molecule has 2 rings (SSSR count). The van der Waals surface area contributed by atoms with Crippen LogP contribution in [0.4, 0.5) is 0 Å². The zero-order valence-electron chi connectivity index (χ0n) is 13.7. The van der Waals surface area contributed by atoms with Crippen molar-refractivity contribution >= 4 is 11.3 Å². The number of aryl methyl sites for hydroxylation is 2. The van der Waals surface area contributed by atoms with Gasteiger partial charge in [-0.3, -0.25) is 4.90 Å². The molecular formula is C15H24N4OS. The first-order valence-corrected chi connectivity index (χ1v) is 8.22. The fourth-order valence-electron chi connectivity index (χ4n) is 2.12. The summed E-state index contributed by atoms with van der Waals surface area (Å²) >= 11 is 1.80. The monoisotopic (exact) mass is 308 g/mol. The van der Waals surface area contributed by atoms with E-state index in [0.717, 1.165) is 12.1 Å². The van der Waals surface area contributed by atoms with Crippen molar-refractivity contribution < 1.29 is 4.42 Å². The SMILES string of the molecule is CCc1nc(C)c([C@H](C)N(C)Cc2nnc(C(C)C)o2)s1. The number of rotatable bonds is 6. The largest absolute Gasteiger partial charge is 0.424 e. The summed E-state index contributed by atoms with van der Waals surface area (Å²) in [6.45, 7) is 11.2. The van der Waals surface area contributed by atoms with E-state index >= 15 is 0 Å². The van der Waals surface area contributed by atoms with Crippen LogP contribution in [0.2, 0.25) is 0 Å². The van der Waals surface area contributed by atoms with E-state index in [1.807, 2.05) is 0 Å². The van der Waals surface area contributed by atoms with E-state index in [-0.39, 0.29) is 12.0 Å². The molecule has 0 aliphatic heterocycles. The van der Waals surface area contributed by atoms with Crippen molar-refractivity contribution in [2.24, 2.45) is 0 Å².